The molecule has 1 atom stereocenters. The highest BCUT2D eigenvalue weighted by Crippen LogP contribution is 2.25. The molecule has 1 N–H and O–H groups in total. The van der Waals surface area contributed by atoms with Crippen molar-refractivity contribution in [1.82, 2.24) is 5.32 Å². The predicted molar refractivity (Wildman–Crippen MR) is 78.4 cm³/mol. The van der Waals surface area contributed by atoms with E-state index in [1.165, 1.54) is 16.3 Å². The Morgan fingerprint density at radius 3 is 2.50 bits per heavy atom. The van der Waals surface area contributed by atoms with Gasteiger partial charge in [-0.3, -0.25) is 5.32 Å². The molecule has 0 heterocycles. The SMILES string of the molecule is C#CC(C)(C)NC(C)c1cccc2ccccc12. The van der Waals surface area contributed by atoms with Crippen LogP contribution in [0.1, 0.15) is 32.4 Å². The molecule has 0 spiro atoms. The van der Waals surface area contributed by atoms with Crippen molar-refractivity contribution in [2.75, 3.05) is 0 Å². The molecule has 1 heteroatoms. The van der Waals surface area contributed by atoms with Gasteiger partial charge in [-0.05, 0) is 37.1 Å². The molecule has 92 valence electrons. The first-order valence-corrected chi connectivity index (χ1v) is 6.26. The van der Waals surface area contributed by atoms with Crippen LogP contribution in [0.25, 0.3) is 10.8 Å². The van der Waals surface area contributed by atoms with Gasteiger partial charge in [-0.1, -0.05) is 48.4 Å². The molecule has 18 heavy (non-hydrogen) atoms. The van der Waals surface area contributed by atoms with E-state index >= 15 is 0 Å². The summed E-state index contributed by atoms with van der Waals surface area (Å²) >= 11 is 0. The monoisotopic (exact) mass is 237 g/mol. The van der Waals surface area contributed by atoms with Crippen molar-refractivity contribution < 1.29 is 0 Å². The topological polar surface area (TPSA) is 12.0 Å². The van der Waals surface area contributed by atoms with Crippen molar-refractivity contribution in [1.29, 1.82) is 0 Å². The molecule has 0 aromatic heterocycles. The summed E-state index contributed by atoms with van der Waals surface area (Å²) in [5.41, 5.74) is 0.993. The Kier molecular flexibility index (Phi) is 3.41. The van der Waals surface area contributed by atoms with Gasteiger partial charge in [-0.25, -0.2) is 0 Å². The van der Waals surface area contributed by atoms with Gasteiger partial charge in [0.05, 0.1) is 5.54 Å². The number of nitrogens with one attached hydrogen (secondary N) is 1. The summed E-state index contributed by atoms with van der Waals surface area (Å²) in [6, 6.07) is 15.1. The van der Waals surface area contributed by atoms with Crippen molar-refractivity contribution in [3.05, 3.63) is 48.0 Å². The largest absolute Gasteiger partial charge is 0.295 e. The summed E-state index contributed by atoms with van der Waals surface area (Å²) in [5.74, 6) is 2.78. The van der Waals surface area contributed by atoms with Gasteiger partial charge in [-0.15, -0.1) is 6.42 Å². The summed E-state index contributed by atoms with van der Waals surface area (Å²) < 4.78 is 0. The van der Waals surface area contributed by atoms with Crippen molar-refractivity contribution in [3.8, 4) is 12.3 Å². The Hall–Kier alpha value is -1.78. The molecule has 0 bridgehead atoms. The Bertz CT molecular complexity index is 585. The Morgan fingerprint density at radius 1 is 1.11 bits per heavy atom. The first-order chi connectivity index (χ1) is 8.53. The van der Waals surface area contributed by atoms with Crippen molar-refractivity contribution in [2.24, 2.45) is 0 Å². The molecule has 0 aliphatic heterocycles. The molecule has 0 amide bonds. The Morgan fingerprint density at radius 2 is 1.78 bits per heavy atom. The standard InChI is InChI=1S/C17H19N/c1-5-17(3,4)18-13(2)15-12-8-10-14-9-6-7-11-16(14)15/h1,6-13,18H,2-4H3. The summed E-state index contributed by atoms with van der Waals surface area (Å²) in [6.07, 6.45) is 5.53. The molecule has 2 rings (SSSR count). The van der Waals surface area contributed by atoms with E-state index in [0.29, 0.717) is 0 Å². The molecule has 0 aliphatic rings. The molecule has 1 unspecified atom stereocenters. The molecular formula is C17H19N. The summed E-state index contributed by atoms with van der Waals surface area (Å²) in [6.45, 7) is 6.20. The van der Waals surface area contributed by atoms with E-state index in [4.69, 9.17) is 6.42 Å². The van der Waals surface area contributed by atoms with E-state index in [2.05, 4.69) is 60.6 Å². The quantitative estimate of drug-likeness (QED) is 0.798. The van der Waals surface area contributed by atoms with E-state index in [1.54, 1.807) is 0 Å². The summed E-state index contributed by atoms with van der Waals surface area (Å²) in [4.78, 5) is 0. The molecule has 0 saturated carbocycles. The minimum Gasteiger partial charge on any atom is -0.295 e. The fraction of sp³-hybridized carbons (Fsp3) is 0.294. The van der Waals surface area contributed by atoms with Gasteiger partial charge in [0.15, 0.2) is 0 Å². The van der Waals surface area contributed by atoms with E-state index in [0.717, 1.165) is 0 Å². The third kappa shape index (κ3) is 2.55. The fourth-order valence-corrected chi connectivity index (χ4v) is 2.29. The van der Waals surface area contributed by atoms with Crippen LogP contribution in [0.15, 0.2) is 42.5 Å². The number of benzene rings is 2. The zero-order valence-electron chi connectivity index (χ0n) is 11.2. The van der Waals surface area contributed by atoms with Crippen LogP contribution in [0, 0.1) is 12.3 Å². The number of rotatable bonds is 3. The molecule has 2 aromatic rings. The summed E-state index contributed by atoms with van der Waals surface area (Å²) in [5, 5.41) is 6.03. The fourth-order valence-electron chi connectivity index (χ4n) is 2.29. The molecule has 0 radical (unpaired) electrons. The van der Waals surface area contributed by atoms with Crippen molar-refractivity contribution in [2.45, 2.75) is 32.4 Å². The lowest BCUT2D eigenvalue weighted by molar-refractivity contribution is 0.433. The van der Waals surface area contributed by atoms with Gasteiger partial charge in [-0.2, -0.15) is 0 Å². The van der Waals surface area contributed by atoms with Crippen LogP contribution in [0.3, 0.4) is 0 Å². The minimum absolute atomic E-state index is 0.224. The van der Waals surface area contributed by atoms with Crippen LogP contribution in [-0.4, -0.2) is 5.54 Å². The smallest absolute Gasteiger partial charge is 0.0745 e. The van der Waals surface area contributed by atoms with Gasteiger partial charge in [0.1, 0.15) is 0 Å². The number of hydrogen-bond donors (Lipinski definition) is 1. The van der Waals surface area contributed by atoms with Crippen LogP contribution in [0.5, 0.6) is 0 Å². The van der Waals surface area contributed by atoms with Crippen molar-refractivity contribution >= 4 is 10.8 Å². The zero-order valence-corrected chi connectivity index (χ0v) is 11.2. The highest BCUT2D eigenvalue weighted by atomic mass is 15.0. The van der Waals surface area contributed by atoms with Gasteiger partial charge >= 0.3 is 0 Å². The lowest BCUT2D eigenvalue weighted by atomic mass is 9.97. The molecular weight excluding hydrogens is 218 g/mol. The first-order valence-electron chi connectivity index (χ1n) is 6.26. The summed E-state index contributed by atoms with van der Waals surface area (Å²) in [7, 11) is 0. The molecule has 1 nitrogen and oxygen atoms in total. The van der Waals surface area contributed by atoms with Crippen LogP contribution in [-0.2, 0) is 0 Å². The first kappa shape index (κ1) is 12.7. The second-order valence-electron chi connectivity index (χ2n) is 5.20. The van der Waals surface area contributed by atoms with E-state index in [9.17, 15) is 0 Å². The maximum Gasteiger partial charge on any atom is 0.0745 e. The van der Waals surface area contributed by atoms with Gasteiger partial charge in [0.2, 0.25) is 0 Å². The maximum absolute atomic E-state index is 5.53. The Balaban J connectivity index is 2.40. The van der Waals surface area contributed by atoms with E-state index in [1.807, 2.05) is 13.8 Å². The van der Waals surface area contributed by atoms with Crippen LogP contribution in [0.4, 0.5) is 0 Å². The lowest BCUT2D eigenvalue weighted by Gasteiger charge is -2.26. The van der Waals surface area contributed by atoms with Gasteiger partial charge in [0, 0.05) is 6.04 Å². The van der Waals surface area contributed by atoms with Gasteiger partial charge in [0.25, 0.3) is 0 Å². The molecule has 2 aromatic carbocycles. The Labute approximate surface area is 109 Å². The van der Waals surface area contributed by atoms with Crippen LogP contribution >= 0.6 is 0 Å². The van der Waals surface area contributed by atoms with Crippen LogP contribution in [0.2, 0.25) is 0 Å². The highest BCUT2D eigenvalue weighted by Gasteiger charge is 2.18. The number of fused-ring (bicyclic) bond motifs is 1. The highest BCUT2D eigenvalue weighted by molar-refractivity contribution is 5.86. The van der Waals surface area contributed by atoms with E-state index in [-0.39, 0.29) is 11.6 Å². The average molecular weight is 237 g/mol. The third-order valence-corrected chi connectivity index (χ3v) is 3.23. The predicted octanol–water partition coefficient (Wildman–Crippen LogP) is 3.90. The molecule has 0 aliphatic carbocycles. The van der Waals surface area contributed by atoms with Crippen molar-refractivity contribution in [3.63, 3.8) is 0 Å². The molecule has 0 fully saturated rings. The average Bonchev–Trinajstić information content (AvgIpc) is 2.37. The van der Waals surface area contributed by atoms with Gasteiger partial charge < -0.3 is 0 Å². The lowest BCUT2D eigenvalue weighted by Crippen LogP contribution is -2.39. The zero-order chi connectivity index (χ0) is 13.2. The maximum atomic E-state index is 5.53. The number of hydrogen-bond acceptors (Lipinski definition) is 1. The minimum atomic E-state index is -0.295. The molecule has 0 saturated heterocycles. The second-order valence-corrected chi connectivity index (χ2v) is 5.20. The second kappa shape index (κ2) is 4.84. The van der Waals surface area contributed by atoms with E-state index < -0.39 is 0 Å². The third-order valence-electron chi connectivity index (χ3n) is 3.23. The van der Waals surface area contributed by atoms with Crippen LogP contribution < -0.4 is 5.32 Å². The number of terminal acetylenes is 1. The normalized spacial score (nSPS) is 13.2.